The van der Waals surface area contributed by atoms with Gasteiger partial charge in [0.05, 0.1) is 12.6 Å². The van der Waals surface area contributed by atoms with E-state index in [2.05, 4.69) is 10.4 Å². The highest BCUT2D eigenvalue weighted by atomic mass is 16.3. The Morgan fingerprint density at radius 3 is 2.79 bits per heavy atom. The van der Waals surface area contributed by atoms with Crippen molar-refractivity contribution in [1.82, 2.24) is 15.1 Å². The van der Waals surface area contributed by atoms with Crippen molar-refractivity contribution in [2.75, 3.05) is 6.61 Å². The fourth-order valence-corrected chi connectivity index (χ4v) is 1.57. The molecule has 1 atom stereocenters. The Labute approximate surface area is 112 Å². The maximum Gasteiger partial charge on any atom is 0.272 e. The minimum absolute atomic E-state index is 0.113. The molecule has 0 saturated carbocycles. The van der Waals surface area contributed by atoms with Gasteiger partial charge in [0.2, 0.25) is 0 Å². The van der Waals surface area contributed by atoms with Crippen LogP contribution in [-0.4, -0.2) is 33.4 Å². The molecule has 1 rings (SSSR count). The van der Waals surface area contributed by atoms with E-state index in [0.717, 1.165) is 12.8 Å². The van der Waals surface area contributed by atoms with Crippen molar-refractivity contribution in [3.05, 3.63) is 28.2 Å². The van der Waals surface area contributed by atoms with E-state index in [1.54, 1.807) is 0 Å². The lowest BCUT2D eigenvalue weighted by atomic mass is 10.2. The molecule has 0 saturated heterocycles. The molecule has 0 fully saturated rings. The number of unbranched alkanes of at least 4 members (excludes halogenated alkanes) is 1. The van der Waals surface area contributed by atoms with Gasteiger partial charge in [-0.3, -0.25) is 9.59 Å². The summed E-state index contributed by atoms with van der Waals surface area (Å²) in [5, 5.41) is 15.8. The second-order valence-electron chi connectivity index (χ2n) is 4.39. The molecule has 1 aromatic rings. The number of aromatic nitrogens is 2. The Hall–Kier alpha value is -1.69. The van der Waals surface area contributed by atoms with Gasteiger partial charge < -0.3 is 10.4 Å². The standard InChI is InChI=1S/C13H21N3O3/c1-3-5-8-16-12(18)7-6-11(15-16)13(19)14-10(4-2)9-17/h6-7,10,17H,3-5,8-9H2,1-2H3,(H,14,19)/t10-/m0/s1. The fourth-order valence-electron chi connectivity index (χ4n) is 1.57. The van der Waals surface area contributed by atoms with Crippen LogP contribution in [0.2, 0.25) is 0 Å². The van der Waals surface area contributed by atoms with Crippen LogP contribution in [0.4, 0.5) is 0 Å². The summed E-state index contributed by atoms with van der Waals surface area (Å²) in [7, 11) is 0. The Bertz CT molecular complexity index is 466. The Morgan fingerprint density at radius 1 is 1.47 bits per heavy atom. The van der Waals surface area contributed by atoms with Gasteiger partial charge in [0, 0.05) is 12.6 Å². The van der Waals surface area contributed by atoms with Crippen LogP contribution in [0.1, 0.15) is 43.6 Å². The first-order chi connectivity index (χ1) is 9.12. The van der Waals surface area contributed by atoms with Crippen molar-refractivity contribution < 1.29 is 9.90 Å². The smallest absolute Gasteiger partial charge is 0.272 e. The van der Waals surface area contributed by atoms with Gasteiger partial charge >= 0.3 is 0 Å². The summed E-state index contributed by atoms with van der Waals surface area (Å²) >= 11 is 0. The molecule has 1 heterocycles. The number of amides is 1. The van der Waals surface area contributed by atoms with E-state index in [-0.39, 0.29) is 29.8 Å². The Kier molecular flexibility index (Phi) is 6.21. The molecule has 0 aliphatic heterocycles. The van der Waals surface area contributed by atoms with Crippen molar-refractivity contribution in [3.8, 4) is 0 Å². The summed E-state index contributed by atoms with van der Waals surface area (Å²) in [4.78, 5) is 23.5. The highest BCUT2D eigenvalue weighted by molar-refractivity contribution is 5.92. The molecule has 0 aromatic carbocycles. The molecule has 6 nitrogen and oxygen atoms in total. The topological polar surface area (TPSA) is 84.2 Å². The third-order valence-corrected chi connectivity index (χ3v) is 2.87. The van der Waals surface area contributed by atoms with E-state index in [1.807, 2.05) is 13.8 Å². The molecule has 1 amide bonds. The van der Waals surface area contributed by atoms with E-state index in [4.69, 9.17) is 5.11 Å². The van der Waals surface area contributed by atoms with Gasteiger partial charge in [0.15, 0.2) is 0 Å². The second kappa shape index (κ2) is 7.68. The van der Waals surface area contributed by atoms with Crippen LogP contribution >= 0.6 is 0 Å². The van der Waals surface area contributed by atoms with E-state index in [9.17, 15) is 9.59 Å². The van der Waals surface area contributed by atoms with Gasteiger partial charge in [-0.25, -0.2) is 4.68 Å². The van der Waals surface area contributed by atoms with Crippen LogP contribution in [0, 0.1) is 0 Å². The molecule has 0 spiro atoms. The van der Waals surface area contributed by atoms with Gasteiger partial charge in [-0.1, -0.05) is 20.3 Å². The lowest BCUT2D eigenvalue weighted by Crippen LogP contribution is -2.38. The predicted molar refractivity (Wildman–Crippen MR) is 72.0 cm³/mol. The van der Waals surface area contributed by atoms with Crippen LogP contribution in [0.15, 0.2) is 16.9 Å². The van der Waals surface area contributed by atoms with Crippen molar-refractivity contribution in [2.24, 2.45) is 0 Å². The average Bonchev–Trinajstić information content (AvgIpc) is 2.43. The van der Waals surface area contributed by atoms with E-state index < -0.39 is 0 Å². The van der Waals surface area contributed by atoms with Crippen molar-refractivity contribution in [1.29, 1.82) is 0 Å². The summed E-state index contributed by atoms with van der Waals surface area (Å²) in [5.41, 5.74) is -0.0122. The zero-order chi connectivity index (χ0) is 14.3. The predicted octanol–water partition coefficient (Wildman–Crippen LogP) is 0.544. The van der Waals surface area contributed by atoms with E-state index in [0.29, 0.717) is 13.0 Å². The number of carbonyl (C=O) groups excluding carboxylic acids is 1. The second-order valence-corrected chi connectivity index (χ2v) is 4.39. The summed E-state index contributed by atoms with van der Waals surface area (Å²) in [5.74, 6) is -0.369. The number of aliphatic hydroxyl groups is 1. The SMILES string of the molecule is CCCCn1nc(C(=O)N[C@@H](CC)CO)ccc1=O. The number of hydrogen-bond donors (Lipinski definition) is 2. The largest absolute Gasteiger partial charge is 0.394 e. The summed E-state index contributed by atoms with van der Waals surface area (Å²) in [6.45, 7) is 4.29. The van der Waals surface area contributed by atoms with Gasteiger partial charge in [0.25, 0.3) is 11.5 Å². The molecular weight excluding hydrogens is 246 g/mol. The van der Waals surface area contributed by atoms with Crippen LogP contribution in [-0.2, 0) is 6.54 Å². The number of carbonyl (C=O) groups is 1. The van der Waals surface area contributed by atoms with Gasteiger partial charge in [-0.15, -0.1) is 0 Å². The normalized spacial score (nSPS) is 12.2. The van der Waals surface area contributed by atoms with Gasteiger partial charge in [-0.2, -0.15) is 5.10 Å². The average molecular weight is 267 g/mol. The molecule has 2 N–H and O–H groups in total. The molecule has 0 unspecified atom stereocenters. The maximum atomic E-state index is 11.9. The van der Waals surface area contributed by atoms with Crippen molar-refractivity contribution in [3.63, 3.8) is 0 Å². The maximum absolute atomic E-state index is 11.9. The number of aliphatic hydroxyl groups excluding tert-OH is 1. The first-order valence-electron chi connectivity index (χ1n) is 6.62. The van der Waals surface area contributed by atoms with Crippen LogP contribution in [0.3, 0.4) is 0 Å². The van der Waals surface area contributed by atoms with E-state index in [1.165, 1.54) is 16.8 Å². The number of nitrogens with one attached hydrogen (secondary N) is 1. The zero-order valence-corrected chi connectivity index (χ0v) is 11.4. The first-order valence-corrected chi connectivity index (χ1v) is 6.62. The molecule has 1 aromatic heterocycles. The fraction of sp³-hybridized carbons (Fsp3) is 0.615. The Balaban J connectivity index is 2.83. The van der Waals surface area contributed by atoms with Gasteiger partial charge in [0.1, 0.15) is 5.69 Å². The molecule has 106 valence electrons. The third kappa shape index (κ3) is 4.48. The minimum atomic E-state index is -0.369. The van der Waals surface area contributed by atoms with Crippen LogP contribution in [0.25, 0.3) is 0 Å². The lowest BCUT2D eigenvalue weighted by Gasteiger charge is -2.13. The van der Waals surface area contributed by atoms with E-state index >= 15 is 0 Å². The number of hydrogen-bond acceptors (Lipinski definition) is 4. The highest BCUT2D eigenvalue weighted by Crippen LogP contribution is 1.96. The third-order valence-electron chi connectivity index (χ3n) is 2.87. The van der Waals surface area contributed by atoms with Crippen molar-refractivity contribution in [2.45, 2.75) is 45.7 Å². The van der Waals surface area contributed by atoms with Crippen LogP contribution in [0.5, 0.6) is 0 Å². The minimum Gasteiger partial charge on any atom is -0.394 e. The molecule has 0 bridgehead atoms. The monoisotopic (exact) mass is 267 g/mol. The summed E-state index contributed by atoms with van der Waals surface area (Å²) in [6, 6.07) is 2.46. The Morgan fingerprint density at radius 2 is 2.21 bits per heavy atom. The first kappa shape index (κ1) is 15.4. The molecule has 0 aliphatic rings. The summed E-state index contributed by atoms with van der Waals surface area (Å²) < 4.78 is 1.30. The molecule has 19 heavy (non-hydrogen) atoms. The number of rotatable bonds is 7. The lowest BCUT2D eigenvalue weighted by molar-refractivity contribution is 0.0907. The molecular formula is C13H21N3O3. The molecule has 0 radical (unpaired) electrons. The highest BCUT2D eigenvalue weighted by Gasteiger charge is 2.13. The zero-order valence-electron chi connectivity index (χ0n) is 11.4. The van der Waals surface area contributed by atoms with Crippen LogP contribution < -0.4 is 10.9 Å². The number of aryl methyl sites for hydroxylation is 1. The molecule has 6 heteroatoms. The summed E-state index contributed by atoms with van der Waals surface area (Å²) in [6.07, 6.45) is 2.43. The van der Waals surface area contributed by atoms with Crippen molar-refractivity contribution >= 4 is 5.91 Å². The van der Waals surface area contributed by atoms with Gasteiger partial charge in [-0.05, 0) is 18.9 Å². The number of nitrogens with zero attached hydrogens (tertiary/aromatic N) is 2. The quantitative estimate of drug-likeness (QED) is 0.755. The molecule has 0 aliphatic carbocycles.